The molecule has 0 heterocycles. The highest BCUT2D eigenvalue weighted by atomic mass is 35.5. The fourth-order valence-corrected chi connectivity index (χ4v) is 1.91. The molecule has 2 aromatic carbocycles. The van der Waals surface area contributed by atoms with Crippen LogP contribution in [-0.4, -0.2) is 10.8 Å². The maximum atomic E-state index is 10.7. The molecule has 7 heteroatoms. The van der Waals surface area contributed by atoms with E-state index >= 15 is 0 Å². The summed E-state index contributed by atoms with van der Waals surface area (Å²) in [6, 6.07) is 10.9. The molecule has 3 N–H and O–H groups in total. The van der Waals surface area contributed by atoms with Crippen LogP contribution in [0.5, 0.6) is 5.75 Å². The number of hydrogen-bond acceptors (Lipinski definition) is 4. The van der Waals surface area contributed by atoms with Gasteiger partial charge in [-0.3, -0.25) is 15.5 Å². The molecule has 0 unspecified atom stereocenters. The summed E-state index contributed by atoms with van der Waals surface area (Å²) < 4.78 is 5.49. The third kappa shape index (κ3) is 3.70. The van der Waals surface area contributed by atoms with Gasteiger partial charge in [-0.1, -0.05) is 29.8 Å². The van der Waals surface area contributed by atoms with E-state index in [9.17, 15) is 10.1 Å². The van der Waals surface area contributed by atoms with Crippen LogP contribution in [0.4, 0.5) is 5.69 Å². The molecule has 0 bridgehead atoms. The summed E-state index contributed by atoms with van der Waals surface area (Å²) in [6.07, 6.45) is 0. The molecule has 0 spiro atoms. The van der Waals surface area contributed by atoms with Crippen molar-refractivity contribution in [2.75, 3.05) is 0 Å². The minimum atomic E-state index is -0.485. The van der Waals surface area contributed by atoms with E-state index < -0.39 is 4.92 Å². The Morgan fingerprint density at radius 2 is 2.10 bits per heavy atom. The van der Waals surface area contributed by atoms with Gasteiger partial charge in [-0.25, -0.2) is 0 Å². The minimum absolute atomic E-state index is 0.0366. The molecule has 6 nitrogen and oxygen atoms in total. The van der Waals surface area contributed by atoms with Crippen molar-refractivity contribution in [3.05, 3.63) is 68.7 Å². The van der Waals surface area contributed by atoms with Crippen molar-refractivity contribution in [3.63, 3.8) is 0 Å². The van der Waals surface area contributed by atoms with E-state index in [-0.39, 0.29) is 18.1 Å². The predicted octanol–water partition coefficient (Wildman–Crippen LogP) is 3.11. The molecular weight excluding hydrogens is 294 g/mol. The summed E-state index contributed by atoms with van der Waals surface area (Å²) in [6.45, 7) is 0.165. The maximum absolute atomic E-state index is 10.7. The minimum Gasteiger partial charge on any atom is -0.489 e. The predicted molar refractivity (Wildman–Crippen MR) is 79.9 cm³/mol. The number of nitrogen functional groups attached to an aromatic ring is 1. The fourth-order valence-electron chi connectivity index (χ4n) is 1.68. The number of nitro benzene ring substituents is 1. The molecule has 0 atom stereocenters. The monoisotopic (exact) mass is 305 g/mol. The third-order valence-electron chi connectivity index (χ3n) is 2.79. The van der Waals surface area contributed by atoms with Crippen molar-refractivity contribution < 1.29 is 9.66 Å². The second-order valence-corrected chi connectivity index (χ2v) is 4.67. The summed E-state index contributed by atoms with van der Waals surface area (Å²) in [5, 5.41) is 18.4. The number of halogens is 1. The molecule has 0 fully saturated rings. The van der Waals surface area contributed by atoms with Gasteiger partial charge in [0.25, 0.3) is 5.69 Å². The number of nitrogens with two attached hydrogens (primary N) is 1. The molecule has 2 rings (SSSR count). The van der Waals surface area contributed by atoms with Gasteiger partial charge in [0.15, 0.2) is 0 Å². The number of rotatable bonds is 5. The van der Waals surface area contributed by atoms with E-state index in [0.717, 1.165) is 0 Å². The van der Waals surface area contributed by atoms with Crippen LogP contribution in [0.25, 0.3) is 0 Å². The third-order valence-corrected chi connectivity index (χ3v) is 3.14. The number of amidine groups is 1. The molecule has 0 aliphatic carbocycles. The van der Waals surface area contributed by atoms with Crippen molar-refractivity contribution >= 4 is 23.1 Å². The van der Waals surface area contributed by atoms with Gasteiger partial charge >= 0.3 is 0 Å². The van der Waals surface area contributed by atoms with E-state index in [1.54, 1.807) is 30.3 Å². The zero-order chi connectivity index (χ0) is 15.4. The summed E-state index contributed by atoms with van der Waals surface area (Å²) >= 11 is 6.08. The van der Waals surface area contributed by atoms with E-state index in [0.29, 0.717) is 21.9 Å². The first-order valence-corrected chi connectivity index (χ1v) is 6.35. The maximum Gasteiger partial charge on any atom is 0.273 e. The number of benzene rings is 2. The molecule has 0 aliphatic rings. The van der Waals surface area contributed by atoms with Crippen LogP contribution >= 0.6 is 11.6 Å². The molecule has 0 saturated heterocycles. The molecule has 108 valence electrons. The highest BCUT2D eigenvalue weighted by Gasteiger charge is 2.08. The Hall–Kier alpha value is -2.60. The van der Waals surface area contributed by atoms with Crippen molar-refractivity contribution in [1.82, 2.24) is 0 Å². The van der Waals surface area contributed by atoms with Gasteiger partial charge in [0.2, 0.25) is 0 Å². The standard InChI is InChI=1S/C14H12ClN3O3/c15-13-6-9(14(16)17)4-5-10(13)8-21-12-3-1-2-11(7-12)18(19)20/h1-7H,8H2,(H3,16,17). The lowest BCUT2D eigenvalue weighted by atomic mass is 10.1. The van der Waals surface area contributed by atoms with Gasteiger partial charge in [0.05, 0.1) is 11.0 Å². The van der Waals surface area contributed by atoms with Gasteiger partial charge in [-0.05, 0) is 12.1 Å². The molecule has 2 aromatic rings. The number of non-ortho nitro benzene ring substituents is 1. The fraction of sp³-hybridized carbons (Fsp3) is 0.0714. The first-order valence-electron chi connectivity index (χ1n) is 5.97. The quantitative estimate of drug-likeness (QED) is 0.383. The van der Waals surface area contributed by atoms with Gasteiger partial charge in [0.1, 0.15) is 18.2 Å². The van der Waals surface area contributed by atoms with Crippen LogP contribution < -0.4 is 10.5 Å². The SMILES string of the molecule is N=C(N)c1ccc(COc2cccc([N+](=O)[O-])c2)c(Cl)c1. The Morgan fingerprint density at radius 3 is 2.71 bits per heavy atom. The summed E-state index contributed by atoms with van der Waals surface area (Å²) in [7, 11) is 0. The van der Waals surface area contributed by atoms with Crippen LogP contribution in [0.2, 0.25) is 5.02 Å². The van der Waals surface area contributed by atoms with Crippen molar-refractivity contribution in [1.29, 1.82) is 5.41 Å². The largest absolute Gasteiger partial charge is 0.489 e. The summed E-state index contributed by atoms with van der Waals surface area (Å²) in [5.41, 5.74) is 6.56. The lowest BCUT2D eigenvalue weighted by molar-refractivity contribution is -0.384. The highest BCUT2D eigenvalue weighted by Crippen LogP contribution is 2.23. The first-order chi connectivity index (χ1) is 9.97. The Balaban J connectivity index is 2.11. The number of nitrogens with one attached hydrogen (secondary N) is 1. The molecule has 0 amide bonds. The summed E-state index contributed by atoms with van der Waals surface area (Å²) in [5.74, 6) is 0.318. The Morgan fingerprint density at radius 1 is 1.33 bits per heavy atom. The van der Waals surface area contributed by atoms with E-state index in [1.165, 1.54) is 12.1 Å². The van der Waals surface area contributed by atoms with Crippen LogP contribution in [0.15, 0.2) is 42.5 Å². The Bertz CT molecular complexity index is 704. The zero-order valence-electron chi connectivity index (χ0n) is 10.9. The lowest BCUT2D eigenvalue weighted by Gasteiger charge is -2.09. The van der Waals surface area contributed by atoms with Gasteiger partial charge < -0.3 is 10.5 Å². The molecule has 0 aromatic heterocycles. The smallest absolute Gasteiger partial charge is 0.273 e. The first kappa shape index (κ1) is 14.8. The van der Waals surface area contributed by atoms with E-state index in [1.807, 2.05) is 0 Å². The van der Waals surface area contributed by atoms with Crippen LogP contribution in [0.1, 0.15) is 11.1 Å². The topological polar surface area (TPSA) is 102 Å². The zero-order valence-corrected chi connectivity index (χ0v) is 11.6. The van der Waals surface area contributed by atoms with E-state index in [4.69, 9.17) is 27.5 Å². The molecular formula is C14H12ClN3O3. The summed E-state index contributed by atoms with van der Waals surface area (Å²) in [4.78, 5) is 10.2. The number of nitrogens with zero attached hydrogens (tertiary/aromatic N) is 1. The number of nitro groups is 1. The average molecular weight is 306 g/mol. The molecule has 0 saturated carbocycles. The van der Waals surface area contributed by atoms with Crippen LogP contribution in [-0.2, 0) is 6.61 Å². The molecule has 0 aliphatic heterocycles. The van der Waals surface area contributed by atoms with Crippen molar-refractivity contribution in [2.45, 2.75) is 6.61 Å². The normalized spacial score (nSPS) is 10.1. The van der Waals surface area contributed by atoms with Crippen LogP contribution in [0, 0.1) is 15.5 Å². The Kier molecular flexibility index (Phi) is 4.39. The molecule has 21 heavy (non-hydrogen) atoms. The number of ether oxygens (including phenoxy) is 1. The van der Waals surface area contributed by atoms with Gasteiger partial charge in [-0.15, -0.1) is 0 Å². The van der Waals surface area contributed by atoms with Gasteiger partial charge in [0, 0.05) is 22.2 Å². The van der Waals surface area contributed by atoms with Crippen molar-refractivity contribution in [3.8, 4) is 5.75 Å². The molecule has 0 radical (unpaired) electrons. The van der Waals surface area contributed by atoms with Gasteiger partial charge in [-0.2, -0.15) is 0 Å². The second-order valence-electron chi connectivity index (χ2n) is 4.26. The second kappa shape index (κ2) is 6.23. The Labute approximate surface area is 125 Å². The van der Waals surface area contributed by atoms with E-state index in [2.05, 4.69) is 0 Å². The average Bonchev–Trinajstić information content (AvgIpc) is 2.46. The van der Waals surface area contributed by atoms with Crippen molar-refractivity contribution in [2.24, 2.45) is 5.73 Å². The van der Waals surface area contributed by atoms with Crippen LogP contribution in [0.3, 0.4) is 0 Å². The highest BCUT2D eigenvalue weighted by molar-refractivity contribution is 6.31. The number of hydrogen-bond donors (Lipinski definition) is 2. The lowest BCUT2D eigenvalue weighted by Crippen LogP contribution is -2.11.